The summed E-state index contributed by atoms with van der Waals surface area (Å²) in [5.41, 5.74) is 4.86. The van der Waals surface area contributed by atoms with Crippen LogP contribution in [-0.4, -0.2) is 18.2 Å². The summed E-state index contributed by atoms with van der Waals surface area (Å²) in [5.74, 6) is 0.111. The van der Waals surface area contributed by atoms with Crippen molar-refractivity contribution in [2.45, 2.75) is 34.1 Å². The summed E-state index contributed by atoms with van der Waals surface area (Å²) >= 11 is 6.90. The van der Waals surface area contributed by atoms with Crippen LogP contribution >= 0.6 is 23.6 Å². The number of carbonyl (C=O) groups is 1. The zero-order valence-electron chi connectivity index (χ0n) is 15.2. The lowest BCUT2D eigenvalue weighted by Crippen LogP contribution is -2.21. The molecule has 2 aromatic rings. The summed E-state index contributed by atoms with van der Waals surface area (Å²) in [7, 11) is 1.40. The Hall–Kier alpha value is -1.92. The molecule has 0 radical (unpaired) electrons. The zero-order chi connectivity index (χ0) is 18.6. The number of methoxy groups -OCH3 is 1. The first-order chi connectivity index (χ1) is 11.8. The fourth-order valence-electron chi connectivity index (χ4n) is 2.54. The van der Waals surface area contributed by atoms with Gasteiger partial charge >= 0.3 is 5.97 Å². The van der Waals surface area contributed by atoms with Crippen molar-refractivity contribution in [2.24, 2.45) is 5.92 Å². The second-order valence-electron chi connectivity index (χ2n) is 6.38. The van der Waals surface area contributed by atoms with E-state index in [0.717, 1.165) is 23.2 Å². The number of hydrogen-bond acceptors (Lipinski definition) is 4. The van der Waals surface area contributed by atoms with Crippen LogP contribution < -0.4 is 10.6 Å². The molecule has 0 fully saturated rings. The molecule has 0 atom stereocenters. The van der Waals surface area contributed by atoms with E-state index < -0.39 is 0 Å². The quantitative estimate of drug-likeness (QED) is 0.558. The molecule has 0 bridgehead atoms. The molecule has 1 aromatic carbocycles. The van der Waals surface area contributed by atoms with Crippen LogP contribution in [0, 0.1) is 19.8 Å². The molecule has 0 saturated heterocycles. The van der Waals surface area contributed by atoms with E-state index in [2.05, 4.69) is 37.5 Å². The number of hydrogen-bond donors (Lipinski definition) is 2. The summed E-state index contributed by atoms with van der Waals surface area (Å²) in [6.45, 7) is 8.35. The highest BCUT2D eigenvalue weighted by Gasteiger charge is 2.21. The Morgan fingerprint density at radius 3 is 2.64 bits per heavy atom. The molecule has 134 valence electrons. The molecular weight excluding hydrogens is 352 g/mol. The van der Waals surface area contributed by atoms with Gasteiger partial charge in [0.25, 0.3) is 0 Å². The number of rotatable bonds is 5. The van der Waals surface area contributed by atoms with Crippen LogP contribution in [-0.2, 0) is 11.2 Å². The first kappa shape index (κ1) is 19.4. The van der Waals surface area contributed by atoms with Crippen molar-refractivity contribution < 1.29 is 9.53 Å². The molecule has 2 N–H and O–H groups in total. The molecule has 0 amide bonds. The Bertz CT molecular complexity index is 782. The van der Waals surface area contributed by atoms with Crippen LogP contribution in [0.3, 0.4) is 0 Å². The first-order valence-corrected chi connectivity index (χ1v) is 9.45. The van der Waals surface area contributed by atoms with Gasteiger partial charge in [-0.1, -0.05) is 26.0 Å². The largest absolute Gasteiger partial charge is 0.465 e. The van der Waals surface area contributed by atoms with Crippen molar-refractivity contribution >= 4 is 45.3 Å². The summed E-state index contributed by atoms with van der Waals surface area (Å²) < 4.78 is 4.96. The smallest absolute Gasteiger partial charge is 0.341 e. The molecule has 0 aliphatic heterocycles. The second-order valence-corrected chi connectivity index (χ2v) is 7.67. The molecule has 0 unspecified atom stereocenters. The first-order valence-electron chi connectivity index (χ1n) is 8.16. The summed E-state index contributed by atoms with van der Waals surface area (Å²) in [4.78, 5) is 12.2. The minimum Gasteiger partial charge on any atom is -0.465 e. The van der Waals surface area contributed by atoms with Crippen molar-refractivity contribution in [1.82, 2.24) is 0 Å². The molecule has 1 heterocycles. The van der Waals surface area contributed by atoms with E-state index >= 15 is 0 Å². The maximum atomic E-state index is 12.2. The van der Waals surface area contributed by atoms with Gasteiger partial charge in [-0.2, -0.15) is 0 Å². The minimum atomic E-state index is -0.339. The van der Waals surface area contributed by atoms with Crippen LogP contribution in [0.15, 0.2) is 23.6 Å². The lowest BCUT2D eigenvalue weighted by Gasteiger charge is -2.14. The molecule has 25 heavy (non-hydrogen) atoms. The Labute approximate surface area is 158 Å². The fraction of sp³-hybridized carbons (Fsp3) is 0.368. The molecule has 0 aliphatic carbocycles. The van der Waals surface area contributed by atoms with E-state index in [1.54, 1.807) is 0 Å². The third-order valence-electron chi connectivity index (χ3n) is 3.96. The lowest BCUT2D eigenvalue weighted by atomic mass is 10.0. The fourth-order valence-corrected chi connectivity index (χ4v) is 3.79. The molecule has 0 spiro atoms. The van der Waals surface area contributed by atoms with Crippen molar-refractivity contribution in [1.29, 1.82) is 0 Å². The summed E-state index contributed by atoms with van der Waals surface area (Å²) in [6.07, 6.45) is 0.819. The molecular formula is C19H24N2O2S2. The summed E-state index contributed by atoms with van der Waals surface area (Å²) in [5, 5.41) is 9.52. The Morgan fingerprint density at radius 1 is 1.28 bits per heavy atom. The van der Waals surface area contributed by atoms with Gasteiger partial charge in [-0.15, -0.1) is 11.3 Å². The predicted molar refractivity (Wildman–Crippen MR) is 110 cm³/mol. The van der Waals surface area contributed by atoms with Crippen LogP contribution in [0.25, 0.3) is 0 Å². The van der Waals surface area contributed by atoms with Gasteiger partial charge in [-0.3, -0.25) is 0 Å². The Morgan fingerprint density at radius 2 is 2.00 bits per heavy atom. The van der Waals surface area contributed by atoms with Crippen LogP contribution in [0.2, 0.25) is 0 Å². The van der Waals surface area contributed by atoms with Gasteiger partial charge in [0.1, 0.15) is 5.00 Å². The normalized spacial score (nSPS) is 10.6. The van der Waals surface area contributed by atoms with E-state index in [4.69, 9.17) is 17.0 Å². The van der Waals surface area contributed by atoms with Gasteiger partial charge in [-0.25, -0.2) is 4.79 Å². The van der Waals surface area contributed by atoms with Crippen LogP contribution in [0.4, 0.5) is 10.7 Å². The number of benzene rings is 1. The number of thiophene rings is 1. The van der Waals surface area contributed by atoms with Gasteiger partial charge in [0.05, 0.1) is 12.7 Å². The zero-order valence-corrected chi connectivity index (χ0v) is 16.9. The van der Waals surface area contributed by atoms with Crippen molar-refractivity contribution in [3.8, 4) is 0 Å². The maximum absolute atomic E-state index is 12.2. The van der Waals surface area contributed by atoms with E-state index in [-0.39, 0.29) is 5.97 Å². The monoisotopic (exact) mass is 376 g/mol. The maximum Gasteiger partial charge on any atom is 0.341 e. The van der Waals surface area contributed by atoms with E-state index in [1.807, 2.05) is 24.4 Å². The van der Waals surface area contributed by atoms with Gasteiger partial charge in [0.2, 0.25) is 0 Å². The number of anilines is 2. The van der Waals surface area contributed by atoms with E-state index in [1.165, 1.54) is 24.0 Å². The summed E-state index contributed by atoms with van der Waals surface area (Å²) in [6, 6.07) is 6.03. The SMILES string of the molecule is COC(=O)c1c(CC(C)C)csc1NC(=S)Nc1cccc(C)c1C. The topological polar surface area (TPSA) is 50.4 Å². The Balaban J connectivity index is 2.21. The molecule has 2 rings (SSSR count). The van der Waals surface area contributed by atoms with Gasteiger partial charge < -0.3 is 15.4 Å². The molecule has 6 heteroatoms. The third-order valence-corrected chi connectivity index (χ3v) is 5.11. The minimum absolute atomic E-state index is 0.339. The van der Waals surface area contributed by atoms with Crippen molar-refractivity contribution in [2.75, 3.05) is 17.7 Å². The molecule has 0 saturated carbocycles. The van der Waals surface area contributed by atoms with Crippen molar-refractivity contribution in [3.63, 3.8) is 0 Å². The lowest BCUT2D eigenvalue weighted by molar-refractivity contribution is 0.0601. The molecule has 1 aromatic heterocycles. The number of esters is 1. The van der Waals surface area contributed by atoms with E-state index in [9.17, 15) is 4.79 Å². The number of ether oxygens (including phenoxy) is 1. The number of carbonyl (C=O) groups excluding carboxylic acids is 1. The highest BCUT2D eigenvalue weighted by molar-refractivity contribution is 7.80. The van der Waals surface area contributed by atoms with E-state index in [0.29, 0.717) is 21.6 Å². The average molecular weight is 377 g/mol. The number of nitrogens with one attached hydrogen (secondary N) is 2. The van der Waals surface area contributed by atoms with Gasteiger partial charge in [-0.05, 0) is 66.5 Å². The predicted octanol–water partition coefficient (Wildman–Crippen LogP) is 5.16. The highest BCUT2D eigenvalue weighted by atomic mass is 32.1. The highest BCUT2D eigenvalue weighted by Crippen LogP contribution is 2.31. The standard InChI is InChI=1S/C19H24N2O2S2/c1-11(2)9-14-10-25-17(16(14)18(22)23-5)21-19(24)20-15-8-6-7-12(3)13(15)4/h6-8,10-11H,9H2,1-5H3,(H2,20,21,24). The Kier molecular flexibility index (Phi) is 6.56. The molecule has 0 aliphatic rings. The number of thiocarbonyl (C=S) groups is 1. The van der Waals surface area contributed by atoms with Crippen molar-refractivity contribution in [3.05, 3.63) is 45.8 Å². The van der Waals surface area contributed by atoms with Gasteiger partial charge in [0, 0.05) is 5.69 Å². The third kappa shape index (κ3) is 4.80. The van der Waals surface area contributed by atoms with Crippen LogP contribution in [0.5, 0.6) is 0 Å². The second kappa shape index (κ2) is 8.45. The van der Waals surface area contributed by atoms with Gasteiger partial charge in [0.15, 0.2) is 5.11 Å². The number of aryl methyl sites for hydroxylation is 1. The van der Waals surface area contributed by atoms with Crippen LogP contribution in [0.1, 0.15) is 40.9 Å². The average Bonchev–Trinajstić information content (AvgIpc) is 2.92. The molecule has 4 nitrogen and oxygen atoms in total.